The van der Waals surface area contributed by atoms with Gasteiger partial charge in [-0.3, -0.25) is 0 Å². The highest BCUT2D eigenvalue weighted by atomic mass is 35.5. The molecule has 0 N–H and O–H groups in total. The summed E-state index contributed by atoms with van der Waals surface area (Å²) in [6, 6.07) is 7.80. The van der Waals surface area contributed by atoms with Crippen molar-refractivity contribution in [1.82, 2.24) is 0 Å². The van der Waals surface area contributed by atoms with Crippen molar-refractivity contribution in [2.45, 2.75) is 25.1 Å². The largest absolute Gasteiger partial charge is 0.120 e. The van der Waals surface area contributed by atoms with Gasteiger partial charge in [-0.05, 0) is 38.0 Å². The van der Waals surface area contributed by atoms with Gasteiger partial charge in [-0.1, -0.05) is 23.7 Å². The highest BCUT2D eigenvalue weighted by molar-refractivity contribution is 6.30. The number of rotatable bonds is 2. The van der Waals surface area contributed by atoms with E-state index >= 15 is 0 Å². The summed E-state index contributed by atoms with van der Waals surface area (Å²) < 4.78 is 0. The van der Waals surface area contributed by atoms with Crippen LogP contribution in [-0.4, -0.2) is 4.87 Å². The molecule has 0 atom stereocenters. The fourth-order valence-electron chi connectivity index (χ4n) is 1.13. The van der Waals surface area contributed by atoms with E-state index in [2.05, 4.69) is 0 Å². The quantitative estimate of drug-likeness (QED) is 0.639. The second kappa shape index (κ2) is 3.68. The lowest BCUT2D eigenvalue weighted by atomic mass is 10.0. The Hall–Kier alpha value is -0.200. The van der Waals surface area contributed by atoms with Crippen LogP contribution < -0.4 is 0 Å². The Morgan fingerprint density at radius 3 is 2.50 bits per heavy atom. The summed E-state index contributed by atoms with van der Waals surface area (Å²) >= 11 is 11.9. The van der Waals surface area contributed by atoms with Gasteiger partial charge in [0.05, 0.1) is 0 Å². The Morgan fingerprint density at radius 2 is 2.00 bits per heavy atom. The average Bonchev–Trinajstić information content (AvgIpc) is 1.82. The Kier molecular flexibility index (Phi) is 3.03. The number of alkyl halides is 1. The molecule has 0 saturated carbocycles. The lowest BCUT2D eigenvalue weighted by Gasteiger charge is -2.15. The Labute approximate surface area is 83.5 Å². The molecule has 66 valence electrons. The van der Waals surface area contributed by atoms with Crippen LogP contribution >= 0.6 is 23.2 Å². The zero-order valence-electron chi connectivity index (χ0n) is 7.27. The van der Waals surface area contributed by atoms with Crippen molar-refractivity contribution >= 4 is 23.2 Å². The van der Waals surface area contributed by atoms with E-state index in [1.165, 1.54) is 5.56 Å². The molecule has 0 radical (unpaired) electrons. The van der Waals surface area contributed by atoms with E-state index in [0.717, 1.165) is 11.4 Å². The van der Waals surface area contributed by atoms with Crippen LogP contribution in [0.1, 0.15) is 19.4 Å². The molecule has 12 heavy (non-hydrogen) atoms. The molecule has 0 aromatic heterocycles. The highest BCUT2D eigenvalue weighted by Crippen LogP contribution is 2.21. The van der Waals surface area contributed by atoms with E-state index in [4.69, 9.17) is 23.2 Å². The van der Waals surface area contributed by atoms with Crippen LogP contribution in [-0.2, 0) is 6.42 Å². The van der Waals surface area contributed by atoms with Crippen LogP contribution in [0.4, 0.5) is 0 Å². The van der Waals surface area contributed by atoms with Crippen molar-refractivity contribution in [3.05, 3.63) is 34.9 Å². The third-order valence-electron chi connectivity index (χ3n) is 1.51. The van der Waals surface area contributed by atoms with E-state index in [9.17, 15) is 0 Å². The summed E-state index contributed by atoms with van der Waals surface area (Å²) in [6.45, 7) is 3.99. The normalized spacial score (nSPS) is 11.7. The topological polar surface area (TPSA) is 0 Å². The standard InChI is InChI=1S/C10H12Cl2/c1-10(2,12)7-8-4-3-5-9(11)6-8/h3-6H,7H2,1-2H3. The SMILES string of the molecule is CC(C)(Cl)Cc1cccc(Cl)c1. The third-order valence-corrected chi connectivity index (χ3v) is 1.88. The van der Waals surface area contributed by atoms with Gasteiger partial charge < -0.3 is 0 Å². The van der Waals surface area contributed by atoms with E-state index in [1.54, 1.807) is 0 Å². The summed E-state index contributed by atoms with van der Waals surface area (Å²) in [4.78, 5) is -0.190. The number of benzene rings is 1. The van der Waals surface area contributed by atoms with Crippen molar-refractivity contribution in [3.8, 4) is 0 Å². The minimum atomic E-state index is -0.190. The molecule has 0 nitrogen and oxygen atoms in total. The maximum atomic E-state index is 6.08. The molecule has 2 heteroatoms. The predicted molar refractivity (Wildman–Crippen MR) is 55.1 cm³/mol. The van der Waals surface area contributed by atoms with Crippen LogP contribution in [0.3, 0.4) is 0 Å². The summed E-state index contributed by atoms with van der Waals surface area (Å²) in [6.07, 6.45) is 0.842. The van der Waals surface area contributed by atoms with Crippen LogP contribution in [0.25, 0.3) is 0 Å². The maximum Gasteiger partial charge on any atom is 0.0430 e. The Balaban J connectivity index is 2.77. The number of hydrogen-bond donors (Lipinski definition) is 0. The smallest absolute Gasteiger partial charge is 0.0430 e. The molecule has 0 bridgehead atoms. The zero-order chi connectivity index (χ0) is 9.19. The summed E-state index contributed by atoms with van der Waals surface area (Å²) in [7, 11) is 0. The van der Waals surface area contributed by atoms with Crippen LogP contribution in [0.2, 0.25) is 5.02 Å². The van der Waals surface area contributed by atoms with Gasteiger partial charge >= 0.3 is 0 Å². The minimum absolute atomic E-state index is 0.190. The predicted octanol–water partition coefficient (Wildman–Crippen LogP) is 3.90. The van der Waals surface area contributed by atoms with Crippen LogP contribution in [0.5, 0.6) is 0 Å². The average molecular weight is 203 g/mol. The number of hydrogen-bond acceptors (Lipinski definition) is 0. The maximum absolute atomic E-state index is 6.08. The van der Waals surface area contributed by atoms with Gasteiger partial charge in [-0.15, -0.1) is 11.6 Å². The lowest BCUT2D eigenvalue weighted by Crippen LogP contribution is -2.13. The summed E-state index contributed by atoms with van der Waals surface area (Å²) in [5, 5.41) is 0.772. The highest BCUT2D eigenvalue weighted by Gasteiger charge is 2.13. The van der Waals surface area contributed by atoms with Crippen molar-refractivity contribution in [1.29, 1.82) is 0 Å². The molecule has 0 fully saturated rings. The molecule has 0 unspecified atom stereocenters. The van der Waals surface area contributed by atoms with Gasteiger partial charge in [0.1, 0.15) is 0 Å². The third kappa shape index (κ3) is 3.46. The van der Waals surface area contributed by atoms with Crippen molar-refractivity contribution < 1.29 is 0 Å². The zero-order valence-corrected chi connectivity index (χ0v) is 8.78. The van der Waals surface area contributed by atoms with Crippen molar-refractivity contribution in [3.63, 3.8) is 0 Å². The lowest BCUT2D eigenvalue weighted by molar-refractivity contribution is 0.694. The van der Waals surface area contributed by atoms with Gasteiger partial charge in [0.2, 0.25) is 0 Å². The first kappa shape index (κ1) is 9.88. The van der Waals surface area contributed by atoms with Gasteiger partial charge in [0.25, 0.3) is 0 Å². The van der Waals surface area contributed by atoms with Crippen LogP contribution in [0, 0.1) is 0 Å². The monoisotopic (exact) mass is 202 g/mol. The van der Waals surface area contributed by atoms with E-state index in [0.29, 0.717) is 0 Å². The Bertz CT molecular complexity index is 261. The molecular formula is C10H12Cl2. The van der Waals surface area contributed by atoms with Gasteiger partial charge in [0, 0.05) is 9.90 Å². The first-order chi connectivity index (χ1) is 5.47. The van der Waals surface area contributed by atoms with E-state index < -0.39 is 0 Å². The first-order valence-electron chi connectivity index (χ1n) is 3.91. The fourth-order valence-corrected chi connectivity index (χ4v) is 1.50. The number of halogens is 2. The summed E-state index contributed by atoms with van der Waals surface area (Å²) in [5.74, 6) is 0. The summed E-state index contributed by atoms with van der Waals surface area (Å²) in [5.41, 5.74) is 1.18. The second-order valence-corrected chi connectivity index (χ2v) is 4.99. The molecule has 1 rings (SSSR count). The molecule has 0 spiro atoms. The first-order valence-corrected chi connectivity index (χ1v) is 4.66. The van der Waals surface area contributed by atoms with Gasteiger partial charge in [-0.25, -0.2) is 0 Å². The minimum Gasteiger partial charge on any atom is -0.120 e. The molecule has 0 aliphatic carbocycles. The molecule has 1 aromatic rings. The van der Waals surface area contributed by atoms with E-state index in [-0.39, 0.29) is 4.87 Å². The fraction of sp³-hybridized carbons (Fsp3) is 0.400. The Morgan fingerprint density at radius 1 is 1.33 bits per heavy atom. The van der Waals surface area contributed by atoms with E-state index in [1.807, 2.05) is 38.1 Å². The molecule has 0 saturated heterocycles. The molecular weight excluding hydrogens is 191 g/mol. The van der Waals surface area contributed by atoms with Crippen molar-refractivity contribution in [2.24, 2.45) is 0 Å². The van der Waals surface area contributed by atoms with Gasteiger partial charge in [0.15, 0.2) is 0 Å². The van der Waals surface area contributed by atoms with Crippen molar-refractivity contribution in [2.75, 3.05) is 0 Å². The van der Waals surface area contributed by atoms with Gasteiger partial charge in [-0.2, -0.15) is 0 Å². The molecule has 0 heterocycles. The molecule has 0 amide bonds. The molecule has 0 aliphatic rings. The molecule has 0 aliphatic heterocycles. The second-order valence-electron chi connectivity index (χ2n) is 3.53. The molecule has 1 aromatic carbocycles. The van der Waals surface area contributed by atoms with Crippen LogP contribution in [0.15, 0.2) is 24.3 Å².